The fourth-order valence-corrected chi connectivity index (χ4v) is 4.59. The third-order valence-corrected chi connectivity index (χ3v) is 6.74. The van der Waals surface area contributed by atoms with Crippen LogP contribution in [0.2, 0.25) is 5.02 Å². The predicted molar refractivity (Wildman–Crippen MR) is 135 cm³/mol. The summed E-state index contributed by atoms with van der Waals surface area (Å²) in [6, 6.07) is 9.09. The van der Waals surface area contributed by atoms with Crippen LogP contribution in [-0.4, -0.2) is 57.6 Å². The third kappa shape index (κ3) is 7.83. The molecule has 11 heteroatoms. The molecule has 0 unspecified atom stereocenters. The summed E-state index contributed by atoms with van der Waals surface area (Å²) in [6.07, 6.45) is 2.00. The summed E-state index contributed by atoms with van der Waals surface area (Å²) in [5.74, 6) is -1.01. The Morgan fingerprint density at radius 2 is 1.80 bits per heavy atom. The standard InChI is InChI=1S/C24H31ClFN3O5S/c1-5-13-27-24(31)21(6-2)28(15-17-7-9-18(26)10-8-17)23(30)16-29(35(4,32)33)19-11-12-22(34-3)20(25)14-19/h7-12,14,21H,5-6,13,15-16H2,1-4H3,(H,27,31)/t21-/m1/s1. The summed E-state index contributed by atoms with van der Waals surface area (Å²) in [6.45, 7) is 3.55. The molecule has 2 aromatic carbocycles. The molecule has 1 atom stereocenters. The second-order valence-corrected chi connectivity index (χ2v) is 10.3. The molecule has 0 aliphatic heterocycles. The summed E-state index contributed by atoms with van der Waals surface area (Å²) in [4.78, 5) is 27.7. The first kappa shape index (κ1) is 28.4. The Kier molecular flexibility index (Phi) is 10.3. The van der Waals surface area contributed by atoms with Crippen molar-refractivity contribution in [2.24, 2.45) is 0 Å². The first-order valence-electron chi connectivity index (χ1n) is 11.1. The Labute approximate surface area is 211 Å². The van der Waals surface area contributed by atoms with Gasteiger partial charge in [-0.3, -0.25) is 13.9 Å². The van der Waals surface area contributed by atoms with Crippen LogP contribution in [0.1, 0.15) is 32.3 Å². The predicted octanol–water partition coefficient (Wildman–Crippen LogP) is 3.59. The number of nitrogens with one attached hydrogen (secondary N) is 1. The molecule has 1 N–H and O–H groups in total. The lowest BCUT2D eigenvalue weighted by Crippen LogP contribution is -2.52. The van der Waals surface area contributed by atoms with Gasteiger partial charge >= 0.3 is 0 Å². The molecule has 0 saturated heterocycles. The zero-order valence-corrected chi connectivity index (χ0v) is 21.8. The fourth-order valence-electron chi connectivity index (χ4n) is 3.50. The fraction of sp³-hybridized carbons (Fsp3) is 0.417. The average molecular weight is 528 g/mol. The minimum atomic E-state index is -3.89. The van der Waals surface area contributed by atoms with Crippen molar-refractivity contribution in [1.29, 1.82) is 0 Å². The molecule has 0 bridgehead atoms. The van der Waals surface area contributed by atoms with Crippen LogP contribution < -0.4 is 14.4 Å². The van der Waals surface area contributed by atoms with Crippen molar-refractivity contribution < 1.29 is 27.1 Å². The lowest BCUT2D eigenvalue weighted by Gasteiger charge is -2.33. The van der Waals surface area contributed by atoms with E-state index in [1.165, 1.54) is 54.5 Å². The molecule has 8 nitrogen and oxygen atoms in total. The highest BCUT2D eigenvalue weighted by atomic mass is 35.5. The van der Waals surface area contributed by atoms with Gasteiger partial charge in [-0.15, -0.1) is 0 Å². The van der Waals surface area contributed by atoms with Crippen molar-refractivity contribution in [3.05, 3.63) is 58.9 Å². The number of rotatable bonds is 12. The van der Waals surface area contributed by atoms with Gasteiger partial charge in [0.1, 0.15) is 24.2 Å². The SMILES string of the molecule is CCCNC(=O)[C@@H](CC)N(Cc1ccc(F)cc1)C(=O)CN(c1ccc(OC)c(Cl)c1)S(C)(=O)=O. The van der Waals surface area contributed by atoms with Crippen molar-refractivity contribution in [3.63, 3.8) is 0 Å². The molecule has 0 aliphatic rings. The Hall–Kier alpha value is -2.85. The molecule has 0 fully saturated rings. The number of amides is 2. The van der Waals surface area contributed by atoms with Crippen LogP contribution >= 0.6 is 11.6 Å². The quantitative estimate of drug-likeness (QED) is 0.455. The molecule has 0 heterocycles. The van der Waals surface area contributed by atoms with Gasteiger partial charge in [-0.2, -0.15) is 0 Å². The van der Waals surface area contributed by atoms with Crippen molar-refractivity contribution in [2.45, 2.75) is 39.3 Å². The normalized spacial score (nSPS) is 12.1. The van der Waals surface area contributed by atoms with Gasteiger partial charge in [0.2, 0.25) is 21.8 Å². The van der Waals surface area contributed by atoms with Crippen LogP contribution in [0.5, 0.6) is 5.75 Å². The lowest BCUT2D eigenvalue weighted by atomic mass is 10.1. The molecule has 0 aromatic heterocycles. The van der Waals surface area contributed by atoms with E-state index >= 15 is 0 Å². The van der Waals surface area contributed by atoms with Gasteiger partial charge in [0.15, 0.2) is 0 Å². The second-order valence-electron chi connectivity index (χ2n) is 7.95. The van der Waals surface area contributed by atoms with E-state index in [-0.39, 0.29) is 23.2 Å². The van der Waals surface area contributed by atoms with E-state index in [0.717, 1.165) is 10.6 Å². The van der Waals surface area contributed by atoms with Crippen LogP contribution in [0.3, 0.4) is 0 Å². The number of sulfonamides is 1. The number of carbonyl (C=O) groups excluding carboxylic acids is 2. The van der Waals surface area contributed by atoms with Gasteiger partial charge in [0.05, 0.1) is 24.1 Å². The van der Waals surface area contributed by atoms with Crippen molar-refractivity contribution in [2.75, 3.05) is 30.8 Å². The molecular formula is C24H31ClFN3O5S. The minimum Gasteiger partial charge on any atom is -0.495 e. The summed E-state index contributed by atoms with van der Waals surface area (Å²) >= 11 is 6.18. The molecule has 35 heavy (non-hydrogen) atoms. The van der Waals surface area contributed by atoms with E-state index < -0.39 is 34.3 Å². The summed E-state index contributed by atoms with van der Waals surface area (Å²) in [5, 5.41) is 2.97. The van der Waals surface area contributed by atoms with Gasteiger partial charge in [-0.25, -0.2) is 12.8 Å². The highest BCUT2D eigenvalue weighted by molar-refractivity contribution is 7.92. The maximum absolute atomic E-state index is 13.5. The number of anilines is 1. The van der Waals surface area contributed by atoms with Crippen LogP contribution in [0.15, 0.2) is 42.5 Å². The van der Waals surface area contributed by atoms with E-state index in [0.29, 0.717) is 30.7 Å². The molecule has 0 saturated carbocycles. The molecular weight excluding hydrogens is 497 g/mol. The van der Waals surface area contributed by atoms with Crippen LogP contribution in [0.25, 0.3) is 0 Å². The zero-order chi connectivity index (χ0) is 26.2. The maximum atomic E-state index is 13.5. The first-order chi connectivity index (χ1) is 16.5. The van der Waals surface area contributed by atoms with Gasteiger partial charge in [-0.05, 0) is 48.7 Å². The highest BCUT2D eigenvalue weighted by Crippen LogP contribution is 2.30. The van der Waals surface area contributed by atoms with Gasteiger partial charge in [0, 0.05) is 13.1 Å². The number of halogens is 2. The van der Waals surface area contributed by atoms with Crippen molar-refractivity contribution in [1.82, 2.24) is 10.2 Å². The summed E-state index contributed by atoms with van der Waals surface area (Å²) < 4.78 is 44.7. The maximum Gasteiger partial charge on any atom is 0.244 e. The second kappa shape index (κ2) is 12.7. The van der Waals surface area contributed by atoms with Gasteiger partial charge < -0.3 is 15.0 Å². The molecule has 192 valence electrons. The number of hydrogen-bond donors (Lipinski definition) is 1. The minimum absolute atomic E-state index is 0.00185. The van der Waals surface area contributed by atoms with E-state index in [1.807, 2.05) is 6.92 Å². The van der Waals surface area contributed by atoms with Crippen LogP contribution in [0.4, 0.5) is 10.1 Å². The Balaban J connectivity index is 2.43. The monoisotopic (exact) mass is 527 g/mol. The number of benzene rings is 2. The Morgan fingerprint density at radius 3 is 2.31 bits per heavy atom. The van der Waals surface area contributed by atoms with E-state index in [9.17, 15) is 22.4 Å². The van der Waals surface area contributed by atoms with E-state index in [4.69, 9.17) is 16.3 Å². The Bertz CT molecular complexity index is 1130. The number of nitrogens with zero attached hydrogens (tertiary/aromatic N) is 2. The third-order valence-electron chi connectivity index (χ3n) is 5.30. The largest absolute Gasteiger partial charge is 0.495 e. The zero-order valence-electron chi connectivity index (χ0n) is 20.3. The molecule has 2 amide bonds. The van der Waals surface area contributed by atoms with Crippen LogP contribution in [-0.2, 0) is 26.2 Å². The lowest BCUT2D eigenvalue weighted by molar-refractivity contribution is -0.140. The molecule has 2 rings (SSSR count). The molecule has 0 spiro atoms. The van der Waals surface area contributed by atoms with Crippen molar-refractivity contribution in [3.8, 4) is 5.75 Å². The molecule has 0 radical (unpaired) electrons. The molecule has 2 aromatic rings. The average Bonchev–Trinajstić information content (AvgIpc) is 2.81. The summed E-state index contributed by atoms with van der Waals surface area (Å²) in [5.41, 5.74) is 0.775. The number of hydrogen-bond acceptors (Lipinski definition) is 5. The van der Waals surface area contributed by atoms with E-state index in [2.05, 4.69) is 5.32 Å². The molecule has 0 aliphatic carbocycles. The highest BCUT2D eigenvalue weighted by Gasteiger charge is 2.31. The smallest absolute Gasteiger partial charge is 0.244 e. The summed E-state index contributed by atoms with van der Waals surface area (Å²) in [7, 11) is -2.46. The first-order valence-corrected chi connectivity index (χ1v) is 13.4. The number of methoxy groups -OCH3 is 1. The Morgan fingerprint density at radius 1 is 1.14 bits per heavy atom. The number of ether oxygens (including phenoxy) is 1. The number of carbonyl (C=O) groups is 2. The van der Waals surface area contributed by atoms with E-state index in [1.54, 1.807) is 6.92 Å². The van der Waals surface area contributed by atoms with Gasteiger partial charge in [-0.1, -0.05) is 37.6 Å². The topological polar surface area (TPSA) is 96.0 Å². The van der Waals surface area contributed by atoms with Crippen LogP contribution in [0, 0.1) is 5.82 Å². The van der Waals surface area contributed by atoms with Crippen molar-refractivity contribution >= 4 is 39.1 Å². The van der Waals surface area contributed by atoms with Gasteiger partial charge in [0.25, 0.3) is 0 Å².